The van der Waals surface area contributed by atoms with Gasteiger partial charge in [0.05, 0.1) is 24.5 Å². The van der Waals surface area contributed by atoms with Crippen LogP contribution in [0.4, 0.5) is 10.2 Å². The van der Waals surface area contributed by atoms with Gasteiger partial charge in [0.1, 0.15) is 11.6 Å². The fourth-order valence-electron chi connectivity index (χ4n) is 4.03. The fraction of sp³-hybridized carbons (Fsp3) is 0.583. The van der Waals surface area contributed by atoms with Crippen LogP contribution in [0.25, 0.3) is 5.69 Å². The van der Waals surface area contributed by atoms with Gasteiger partial charge in [0.2, 0.25) is 5.91 Å². The highest BCUT2D eigenvalue weighted by Gasteiger charge is 2.27. The first-order chi connectivity index (χ1) is 15.3. The van der Waals surface area contributed by atoms with E-state index in [0.717, 1.165) is 43.3 Å². The number of halogens is 1. The van der Waals surface area contributed by atoms with Gasteiger partial charge in [-0.1, -0.05) is 19.9 Å². The van der Waals surface area contributed by atoms with Crippen molar-refractivity contribution >= 4 is 11.7 Å². The van der Waals surface area contributed by atoms with E-state index in [1.165, 1.54) is 12.1 Å². The maximum absolute atomic E-state index is 14.0. The summed E-state index contributed by atoms with van der Waals surface area (Å²) in [4.78, 5) is 19.5. The minimum Gasteiger partial charge on any atom is -0.383 e. The highest BCUT2D eigenvalue weighted by molar-refractivity contribution is 5.76. The number of piperazine rings is 1. The highest BCUT2D eigenvalue weighted by Crippen LogP contribution is 2.30. The van der Waals surface area contributed by atoms with Gasteiger partial charge in [-0.3, -0.25) is 4.79 Å². The molecule has 1 amide bonds. The maximum Gasteiger partial charge on any atom is 0.223 e. The molecule has 1 aromatic heterocycles. The SMILES string of the molecule is COCCN(Cc1c(C)nn(-c2cccc(F)c2)c1N1CCN(C)CC1)C(=O)CC(C)C. The van der Waals surface area contributed by atoms with Crippen LogP contribution in [-0.4, -0.2) is 79.0 Å². The maximum atomic E-state index is 14.0. The number of aromatic nitrogens is 2. The predicted octanol–water partition coefficient (Wildman–Crippen LogP) is 3.09. The van der Waals surface area contributed by atoms with Gasteiger partial charge in [0.15, 0.2) is 0 Å². The van der Waals surface area contributed by atoms with E-state index in [-0.39, 0.29) is 17.6 Å². The molecule has 1 aromatic carbocycles. The minimum atomic E-state index is -0.296. The molecule has 2 heterocycles. The first kappa shape index (κ1) is 24.2. The fourth-order valence-corrected chi connectivity index (χ4v) is 4.03. The van der Waals surface area contributed by atoms with E-state index >= 15 is 0 Å². The second-order valence-electron chi connectivity index (χ2n) is 8.98. The molecule has 0 spiro atoms. The van der Waals surface area contributed by atoms with Gasteiger partial charge in [0.25, 0.3) is 0 Å². The summed E-state index contributed by atoms with van der Waals surface area (Å²) in [6, 6.07) is 6.51. The van der Waals surface area contributed by atoms with Gasteiger partial charge in [-0.25, -0.2) is 9.07 Å². The molecular formula is C24H36FN5O2. The average Bonchev–Trinajstić information content (AvgIpc) is 3.07. The van der Waals surface area contributed by atoms with Crippen molar-refractivity contribution in [2.24, 2.45) is 5.92 Å². The molecule has 0 saturated carbocycles. The number of nitrogens with zero attached hydrogens (tertiary/aromatic N) is 5. The smallest absolute Gasteiger partial charge is 0.223 e. The number of likely N-dealkylation sites (N-methyl/N-ethyl adjacent to an activating group) is 1. The number of hydrogen-bond acceptors (Lipinski definition) is 5. The average molecular weight is 446 g/mol. The first-order valence-electron chi connectivity index (χ1n) is 11.3. The summed E-state index contributed by atoms with van der Waals surface area (Å²) in [5.41, 5.74) is 2.54. The van der Waals surface area contributed by atoms with E-state index in [2.05, 4.69) is 30.7 Å². The molecule has 0 N–H and O–H groups in total. The molecule has 176 valence electrons. The molecule has 8 heteroatoms. The predicted molar refractivity (Wildman–Crippen MR) is 125 cm³/mol. The number of anilines is 1. The Morgan fingerprint density at radius 3 is 2.59 bits per heavy atom. The zero-order valence-electron chi connectivity index (χ0n) is 20.0. The van der Waals surface area contributed by atoms with Gasteiger partial charge in [0, 0.05) is 51.8 Å². The van der Waals surface area contributed by atoms with Crippen molar-refractivity contribution in [3.8, 4) is 5.69 Å². The third-order valence-electron chi connectivity index (χ3n) is 5.86. The largest absolute Gasteiger partial charge is 0.383 e. The summed E-state index contributed by atoms with van der Waals surface area (Å²) in [6.45, 7) is 11.1. The Balaban J connectivity index is 2.02. The second-order valence-corrected chi connectivity index (χ2v) is 8.98. The Hall–Kier alpha value is -2.45. The lowest BCUT2D eigenvalue weighted by Gasteiger charge is -2.35. The van der Waals surface area contributed by atoms with E-state index in [4.69, 9.17) is 9.84 Å². The van der Waals surface area contributed by atoms with E-state index in [0.29, 0.717) is 31.8 Å². The molecule has 7 nitrogen and oxygen atoms in total. The standard InChI is InChI=1S/C24H36FN5O2/c1-18(2)15-23(31)29(13-14-32-5)17-22-19(3)26-30(21-8-6-7-20(25)16-21)24(22)28-11-9-27(4)10-12-28/h6-8,16,18H,9-15,17H2,1-5H3. The van der Waals surface area contributed by atoms with E-state index < -0.39 is 0 Å². The molecule has 0 aliphatic carbocycles. The van der Waals surface area contributed by atoms with Crippen LogP contribution in [0.3, 0.4) is 0 Å². The van der Waals surface area contributed by atoms with Crippen LogP contribution in [0, 0.1) is 18.7 Å². The zero-order chi connectivity index (χ0) is 23.3. The molecule has 0 unspecified atom stereocenters. The number of amides is 1. The molecular weight excluding hydrogens is 409 g/mol. The van der Waals surface area contributed by atoms with Crippen molar-refractivity contribution in [3.63, 3.8) is 0 Å². The van der Waals surface area contributed by atoms with E-state index in [1.54, 1.807) is 13.2 Å². The summed E-state index contributed by atoms with van der Waals surface area (Å²) >= 11 is 0. The van der Waals surface area contributed by atoms with E-state index in [1.807, 2.05) is 22.6 Å². The molecule has 1 aliphatic heterocycles. The third-order valence-corrected chi connectivity index (χ3v) is 5.86. The van der Waals surface area contributed by atoms with Crippen LogP contribution in [0.15, 0.2) is 24.3 Å². The number of benzene rings is 1. The van der Waals surface area contributed by atoms with Crippen molar-refractivity contribution < 1.29 is 13.9 Å². The monoisotopic (exact) mass is 445 g/mol. The van der Waals surface area contributed by atoms with Crippen molar-refractivity contribution in [2.45, 2.75) is 33.7 Å². The number of carbonyl (C=O) groups excluding carboxylic acids is 1. The molecule has 1 aliphatic rings. The molecule has 2 aromatic rings. The summed E-state index contributed by atoms with van der Waals surface area (Å²) in [5.74, 6) is 1.04. The molecule has 0 radical (unpaired) electrons. The van der Waals surface area contributed by atoms with Gasteiger partial charge < -0.3 is 19.4 Å². The van der Waals surface area contributed by atoms with Crippen LogP contribution in [0.2, 0.25) is 0 Å². The number of methoxy groups -OCH3 is 1. The molecule has 1 saturated heterocycles. The molecule has 0 bridgehead atoms. The van der Waals surface area contributed by atoms with Crippen LogP contribution < -0.4 is 4.90 Å². The van der Waals surface area contributed by atoms with Gasteiger partial charge in [-0.2, -0.15) is 5.10 Å². The van der Waals surface area contributed by atoms with Gasteiger partial charge in [-0.15, -0.1) is 0 Å². The Morgan fingerprint density at radius 2 is 1.97 bits per heavy atom. The quantitative estimate of drug-likeness (QED) is 0.594. The first-order valence-corrected chi connectivity index (χ1v) is 11.3. The summed E-state index contributed by atoms with van der Waals surface area (Å²) in [6.07, 6.45) is 0.491. The lowest BCUT2D eigenvalue weighted by atomic mass is 10.1. The van der Waals surface area contributed by atoms with Crippen LogP contribution in [0.5, 0.6) is 0 Å². The Labute approximate surface area is 190 Å². The Kier molecular flexibility index (Phi) is 8.26. The van der Waals surface area contributed by atoms with Crippen molar-refractivity contribution in [3.05, 3.63) is 41.3 Å². The van der Waals surface area contributed by atoms with Crippen molar-refractivity contribution in [1.29, 1.82) is 0 Å². The minimum absolute atomic E-state index is 0.110. The Morgan fingerprint density at radius 1 is 1.25 bits per heavy atom. The normalized spacial score (nSPS) is 14.9. The van der Waals surface area contributed by atoms with Gasteiger partial charge >= 0.3 is 0 Å². The van der Waals surface area contributed by atoms with Crippen LogP contribution in [0.1, 0.15) is 31.5 Å². The molecule has 3 rings (SSSR count). The second kappa shape index (κ2) is 10.9. The van der Waals surface area contributed by atoms with Crippen LogP contribution >= 0.6 is 0 Å². The number of aryl methyl sites for hydroxylation is 1. The number of carbonyl (C=O) groups is 1. The zero-order valence-corrected chi connectivity index (χ0v) is 20.0. The van der Waals surface area contributed by atoms with E-state index in [9.17, 15) is 9.18 Å². The topological polar surface area (TPSA) is 53.8 Å². The summed E-state index contributed by atoms with van der Waals surface area (Å²) < 4.78 is 21.1. The summed E-state index contributed by atoms with van der Waals surface area (Å²) in [5, 5.41) is 4.80. The van der Waals surface area contributed by atoms with Crippen LogP contribution in [-0.2, 0) is 16.1 Å². The van der Waals surface area contributed by atoms with Crippen molar-refractivity contribution in [1.82, 2.24) is 19.6 Å². The molecule has 1 fully saturated rings. The summed E-state index contributed by atoms with van der Waals surface area (Å²) in [7, 11) is 3.76. The van der Waals surface area contributed by atoms with Crippen molar-refractivity contribution in [2.75, 3.05) is 58.4 Å². The van der Waals surface area contributed by atoms with Gasteiger partial charge in [-0.05, 0) is 38.1 Å². The molecule has 32 heavy (non-hydrogen) atoms. The number of hydrogen-bond donors (Lipinski definition) is 0. The highest BCUT2D eigenvalue weighted by atomic mass is 19.1. The number of rotatable bonds is 9. The molecule has 0 atom stereocenters. The third kappa shape index (κ3) is 5.86. The lowest BCUT2D eigenvalue weighted by molar-refractivity contribution is -0.133. The Bertz CT molecular complexity index is 906. The lowest BCUT2D eigenvalue weighted by Crippen LogP contribution is -2.45. The number of ether oxygens (including phenoxy) is 1.